The van der Waals surface area contributed by atoms with Crippen LogP contribution in [0.15, 0.2) is 24.4 Å². The minimum atomic E-state index is 0.756. The van der Waals surface area contributed by atoms with Crippen LogP contribution in [0.1, 0.15) is 25.7 Å². The van der Waals surface area contributed by atoms with Gasteiger partial charge in [-0.1, -0.05) is 6.07 Å². The lowest BCUT2D eigenvalue weighted by Crippen LogP contribution is -2.39. The first-order valence-electron chi connectivity index (χ1n) is 6.82. The molecule has 17 heavy (non-hydrogen) atoms. The van der Waals surface area contributed by atoms with Crippen LogP contribution in [0.5, 0.6) is 0 Å². The molecule has 0 bridgehead atoms. The molecule has 92 valence electrons. The van der Waals surface area contributed by atoms with E-state index in [1.807, 2.05) is 12.3 Å². The van der Waals surface area contributed by atoms with Gasteiger partial charge in [0, 0.05) is 18.8 Å². The van der Waals surface area contributed by atoms with E-state index in [9.17, 15) is 0 Å². The summed E-state index contributed by atoms with van der Waals surface area (Å²) in [6.45, 7) is 3.55. The van der Waals surface area contributed by atoms with Gasteiger partial charge in [0.05, 0.1) is 0 Å². The van der Waals surface area contributed by atoms with Crippen molar-refractivity contribution in [2.24, 2.45) is 5.92 Å². The van der Waals surface area contributed by atoms with E-state index in [2.05, 4.69) is 27.3 Å². The molecule has 1 saturated heterocycles. The van der Waals surface area contributed by atoms with Gasteiger partial charge in [0.25, 0.3) is 0 Å². The lowest BCUT2D eigenvalue weighted by atomic mass is 9.99. The van der Waals surface area contributed by atoms with Gasteiger partial charge >= 0.3 is 0 Å². The molecule has 0 aromatic carbocycles. The van der Waals surface area contributed by atoms with Gasteiger partial charge in [-0.2, -0.15) is 0 Å². The molecule has 1 aromatic rings. The van der Waals surface area contributed by atoms with E-state index in [4.69, 9.17) is 0 Å². The Morgan fingerprint density at radius 1 is 1.29 bits per heavy atom. The second-order valence-electron chi connectivity index (χ2n) is 5.28. The number of piperidine rings is 1. The summed E-state index contributed by atoms with van der Waals surface area (Å²) in [5.41, 5.74) is 0. The van der Waals surface area contributed by atoms with Crippen LogP contribution in [0, 0.1) is 5.92 Å². The zero-order chi connectivity index (χ0) is 11.5. The first-order chi connectivity index (χ1) is 8.43. The van der Waals surface area contributed by atoms with Gasteiger partial charge in [-0.25, -0.2) is 4.98 Å². The molecule has 1 aliphatic heterocycles. The van der Waals surface area contributed by atoms with Gasteiger partial charge in [-0.05, 0) is 56.8 Å². The predicted molar refractivity (Wildman–Crippen MR) is 70.2 cm³/mol. The van der Waals surface area contributed by atoms with Crippen molar-refractivity contribution in [3.8, 4) is 0 Å². The quantitative estimate of drug-likeness (QED) is 0.859. The zero-order valence-corrected chi connectivity index (χ0v) is 10.3. The van der Waals surface area contributed by atoms with E-state index >= 15 is 0 Å². The van der Waals surface area contributed by atoms with Crippen molar-refractivity contribution >= 4 is 5.82 Å². The molecule has 0 amide bonds. The molecule has 3 heteroatoms. The van der Waals surface area contributed by atoms with E-state index in [-0.39, 0.29) is 0 Å². The van der Waals surface area contributed by atoms with Crippen molar-refractivity contribution < 1.29 is 0 Å². The van der Waals surface area contributed by atoms with Gasteiger partial charge in [0.15, 0.2) is 0 Å². The van der Waals surface area contributed by atoms with Gasteiger partial charge in [0.1, 0.15) is 5.82 Å². The van der Waals surface area contributed by atoms with Gasteiger partial charge < -0.3 is 10.2 Å². The molecule has 3 nitrogen and oxygen atoms in total. The van der Waals surface area contributed by atoms with Crippen molar-refractivity contribution in [3.05, 3.63) is 24.4 Å². The highest BCUT2D eigenvalue weighted by molar-refractivity contribution is 5.41. The fourth-order valence-electron chi connectivity index (χ4n) is 2.70. The van der Waals surface area contributed by atoms with Crippen LogP contribution >= 0.6 is 0 Å². The third-order valence-corrected chi connectivity index (χ3v) is 3.79. The van der Waals surface area contributed by atoms with Crippen LogP contribution in [0.2, 0.25) is 0 Å². The Morgan fingerprint density at radius 3 is 2.88 bits per heavy atom. The van der Waals surface area contributed by atoms with Crippen LogP contribution in [-0.4, -0.2) is 30.7 Å². The average molecular weight is 231 g/mol. The third-order valence-electron chi connectivity index (χ3n) is 3.79. The van der Waals surface area contributed by atoms with Crippen LogP contribution in [0.3, 0.4) is 0 Å². The van der Waals surface area contributed by atoms with Crippen molar-refractivity contribution in [3.63, 3.8) is 0 Å². The van der Waals surface area contributed by atoms with E-state index < -0.39 is 0 Å². The van der Waals surface area contributed by atoms with Crippen molar-refractivity contribution in [1.82, 2.24) is 10.3 Å². The Hall–Kier alpha value is -1.09. The fraction of sp³-hybridized carbons (Fsp3) is 0.643. The number of pyridine rings is 1. The SMILES string of the molecule is c1ccc(N(CC2CCCNC2)C2CC2)nc1. The lowest BCUT2D eigenvalue weighted by Gasteiger charge is -2.31. The number of hydrogen-bond donors (Lipinski definition) is 1. The minimum absolute atomic E-state index is 0.756. The largest absolute Gasteiger partial charge is 0.353 e. The highest BCUT2D eigenvalue weighted by Crippen LogP contribution is 2.31. The topological polar surface area (TPSA) is 28.2 Å². The molecule has 0 spiro atoms. The van der Waals surface area contributed by atoms with Crippen LogP contribution in [-0.2, 0) is 0 Å². The van der Waals surface area contributed by atoms with Gasteiger partial charge in [-0.3, -0.25) is 0 Å². The molecular formula is C14H21N3. The molecule has 2 heterocycles. The summed E-state index contributed by atoms with van der Waals surface area (Å²) < 4.78 is 0. The summed E-state index contributed by atoms with van der Waals surface area (Å²) in [5.74, 6) is 1.96. The molecular weight excluding hydrogens is 210 g/mol. The highest BCUT2D eigenvalue weighted by atomic mass is 15.2. The first kappa shape index (κ1) is 11.0. The average Bonchev–Trinajstić information content (AvgIpc) is 3.23. The maximum atomic E-state index is 4.51. The molecule has 3 rings (SSSR count). The number of anilines is 1. The Kier molecular flexibility index (Phi) is 3.27. The number of nitrogens with zero attached hydrogens (tertiary/aromatic N) is 2. The van der Waals surface area contributed by atoms with E-state index in [0.717, 1.165) is 12.0 Å². The standard InChI is InChI=1S/C14H21N3/c1-2-9-16-14(5-1)17(13-6-7-13)11-12-4-3-8-15-10-12/h1-2,5,9,12-13,15H,3-4,6-8,10-11H2. The molecule has 1 aliphatic carbocycles. The number of rotatable bonds is 4. The van der Waals surface area contributed by atoms with E-state index in [1.165, 1.54) is 51.1 Å². The van der Waals surface area contributed by atoms with Crippen LogP contribution in [0.25, 0.3) is 0 Å². The van der Waals surface area contributed by atoms with Crippen molar-refractivity contribution in [1.29, 1.82) is 0 Å². The second-order valence-corrected chi connectivity index (χ2v) is 5.28. The number of hydrogen-bond acceptors (Lipinski definition) is 3. The molecule has 0 radical (unpaired) electrons. The molecule has 2 fully saturated rings. The summed E-state index contributed by atoms with van der Waals surface area (Å²) in [6, 6.07) is 6.99. The third kappa shape index (κ3) is 2.78. The van der Waals surface area contributed by atoms with E-state index in [0.29, 0.717) is 0 Å². The van der Waals surface area contributed by atoms with Gasteiger partial charge in [-0.15, -0.1) is 0 Å². The van der Waals surface area contributed by atoms with Crippen molar-refractivity contribution in [2.75, 3.05) is 24.5 Å². The molecule has 1 unspecified atom stereocenters. The Balaban J connectivity index is 1.67. The molecule has 2 aliphatic rings. The van der Waals surface area contributed by atoms with Gasteiger partial charge in [0.2, 0.25) is 0 Å². The monoisotopic (exact) mass is 231 g/mol. The Labute approximate surface area is 103 Å². The second kappa shape index (κ2) is 5.05. The molecule has 1 atom stereocenters. The smallest absolute Gasteiger partial charge is 0.128 e. The fourth-order valence-corrected chi connectivity index (χ4v) is 2.70. The summed E-state index contributed by atoms with van der Waals surface area (Å²) in [5, 5.41) is 3.50. The Morgan fingerprint density at radius 2 is 2.24 bits per heavy atom. The van der Waals surface area contributed by atoms with Crippen LogP contribution in [0.4, 0.5) is 5.82 Å². The summed E-state index contributed by atoms with van der Waals surface area (Å²) >= 11 is 0. The highest BCUT2D eigenvalue weighted by Gasteiger charge is 2.31. The summed E-state index contributed by atoms with van der Waals surface area (Å²) in [7, 11) is 0. The Bertz CT molecular complexity index is 342. The summed E-state index contributed by atoms with van der Waals surface area (Å²) in [6.07, 6.45) is 7.28. The number of aromatic nitrogens is 1. The van der Waals surface area contributed by atoms with E-state index in [1.54, 1.807) is 0 Å². The zero-order valence-electron chi connectivity index (χ0n) is 10.3. The maximum absolute atomic E-state index is 4.51. The summed E-state index contributed by atoms with van der Waals surface area (Å²) in [4.78, 5) is 7.04. The molecule has 1 aromatic heterocycles. The van der Waals surface area contributed by atoms with Crippen LogP contribution < -0.4 is 10.2 Å². The first-order valence-corrected chi connectivity index (χ1v) is 6.82. The minimum Gasteiger partial charge on any atom is -0.353 e. The lowest BCUT2D eigenvalue weighted by molar-refractivity contribution is 0.375. The predicted octanol–water partition coefficient (Wildman–Crippen LogP) is 2.05. The maximum Gasteiger partial charge on any atom is 0.128 e. The van der Waals surface area contributed by atoms with Crippen molar-refractivity contribution in [2.45, 2.75) is 31.7 Å². The molecule has 1 saturated carbocycles. The molecule has 1 N–H and O–H groups in total. The number of nitrogens with one attached hydrogen (secondary N) is 1. The normalized spacial score (nSPS) is 24.6.